The Labute approximate surface area is 550 Å². The third kappa shape index (κ3) is 10.3. The third-order valence-corrected chi connectivity index (χ3v) is 14.5. The number of pyridine rings is 1. The number of rotatable bonds is 11. The van der Waals surface area contributed by atoms with E-state index in [1.807, 2.05) is 51.1 Å². The molecule has 0 saturated carbocycles. The Morgan fingerprint density at radius 1 is 0.506 bits per heavy atom. The topological polar surface area (TPSA) is 35.9 Å². The Balaban J connectivity index is 0.0000110. The van der Waals surface area contributed by atoms with Crippen molar-refractivity contribution in [2.75, 3.05) is 0 Å². The predicted octanol–water partition coefficient (Wildman–Crippen LogP) is 19.8. The minimum absolute atomic E-state index is 0. The number of aryl methyl sites for hydroxylation is 3. The average molecular weight is 1300 g/mol. The summed E-state index contributed by atoms with van der Waals surface area (Å²) in [5, 5.41) is 1.30. The molecule has 0 aliphatic carbocycles. The maximum atomic E-state index is 10.4. The fourth-order valence-electron chi connectivity index (χ4n) is 10.5. The molecular weight excluding hydrogens is 1220 g/mol. The van der Waals surface area contributed by atoms with Crippen LogP contribution in [0.4, 0.5) is 0 Å². The SMILES string of the molecule is [2H]c1c([2H])c([2H])c(-c2cnc(-n3c4[c-]c(Oc5[c-]c(-n6[c-][n+](-c7c(-c8cccc(C(C)(C)C)c8)cccc7-c7c([2H])c(-c8c([2H])c([2H])c([2H])c([2H])c8[2H])c([2H])c(-c8c([2H])c([2H])c([2H])c([2H])c8[2H])c7[2H])c7ccc(-c8c(C([2H])([2H])[2H])cccc8C([2H])([2H])[2H])cc76)ccc5)ccc4c4ccccc43)cc2C([2H])([2H])[2H])c([2H])c1[2H].[Pt]. The molecule has 0 N–H and O–H groups in total. The monoisotopic (exact) mass is 1300 g/mol. The van der Waals surface area contributed by atoms with E-state index < -0.39 is 163 Å². The van der Waals surface area contributed by atoms with Crippen molar-refractivity contribution in [3.63, 3.8) is 0 Å². The van der Waals surface area contributed by atoms with Crippen molar-refractivity contribution in [1.82, 2.24) is 14.1 Å². The normalized spacial score (nSPS) is 16.5. The van der Waals surface area contributed by atoms with Gasteiger partial charge in [0.15, 0.2) is 0 Å². The van der Waals surface area contributed by atoms with E-state index in [-0.39, 0.29) is 105 Å². The maximum absolute atomic E-state index is 10.4. The second-order valence-electron chi connectivity index (χ2n) is 20.8. The molecule has 414 valence electrons. The Kier molecular flexibility index (Phi) is 8.42. The van der Waals surface area contributed by atoms with Gasteiger partial charge in [0.05, 0.1) is 41.4 Å². The fraction of sp³-hybridized carbons (Fsp3) is 0.0886. The van der Waals surface area contributed by atoms with Gasteiger partial charge in [0, 0.05) is 62.2 Å². The van der Waals surface area contributed by atoms with E-state index in [2.05, 4.69) is 18.5 Å². The molecule has 0 radical (unpaired) electrons. The van der Waals surface area contributed by atoms with Gasteiger partial charge in [-0.3, -0.25) is 4.57 Å². The van der Waals surface area contributed by atoms with Crippen LogP contribution < -0.4 is 9.30 Å². The van der Waals surface area contributed by atoms with Gasteiger partial charge in [0.25, 0.3) is 6.33 Å². The van der Waals surface area contributed by atoms with Crippen molar-refractivity contribution in [3.05, 3.63) is 295 Å². The number of hydrogen-bond donors (Lipinski definition) is 0. The number of ether oxygens (including phenoxy) is 1. The Morgan fingerprint density at radius 2 is 1.14 bits per heavy atom. The van der Waals surface area contributed by atoms with Crippen LogP contribution in [-0.2, 0) is 26.5 Å². The summed E-state index contributed by atoms with van der Waals surface area (Å²) in [6.45, 7) is -2.65. The molecule has 0 atom stereocenters. The van der Waals surface area contributed by atoms with Gasteiger partial charge in [-0.15, -0.1) is 29.7 Å². The molecule has 0 amide bonds. The zero-order chi connectivity index (χ0) is 80.2. The molecule has 0 saturated heterocycles. The predicted molar refractivity (Wildman–Crippen MR) is 345 cm³/mol. The van der Waals surface area contributed by atoms with E-state index in [9.17, 15) is 9.60 Å². The zero-order valence-corrected chi connectivity index (χ0v) is 47.6. The Hall–Kier alpha value is -9.67. The van der Waals surface area contributed by atoms with Crippen molar-refractivity contribution in [3.8, 4) is 95.5 Å². The van der Waals surface area contributed by atoms with Crippen molar-refractivity contribution in [2.24, 2.45) is 0 Å². The number of nitrogens with zero attached hydrogens (tertiary/aromatic N) is 4. The van der Waals surface area contributed by atoms with Crippen LogP contribution in [-0.4, -0.2) is 14.1 Å². The summed E-state index contributed by atoms with van der Waals surface area (Å²) in [6.07, 6.45) is 4.63. The molecule has 3 heterocycles. The van der Waals surface area contributed by atoms with Crippen LogP contribution >= 0.6 is 0 Å². The van der Waals surface area contributed by atoms with Crippen molar-refractivity contribution in [1.29, 1.82) is 0 Å². The minimum Gasteiger partial charge on any atom is -0.510 e. The van der Waals surface area contributed by atoms with Gasteiger partial charge in [-0.25, -0.2) is 4.98 Å². The zero-order valence-electron chi connectivity index (χ0n) is 72.4. The number of para-hydroxylation sites is 2. The van der Waals surface area contributed by atoms with Crippen LogP contribution in [0.15, 0.2) is 254 Å². The number of imidazole rings is 1. The molecule has 0 aliphatic heterocycles. The van der Waals surface area contributed by atoms with Crippen LogP contribution in [0, 0.1) is 39.0 Å². The van der Waals surface area contributed by atoms with Gasteiger partial charge in [0.1, 0.15) is 5.82 Å². The number of benzene rings is 11. The Morgan fingerprint density at radius 3 is 1.85 bits per heavy atom. The van der Waals surface area contributed by atoms with E-state index in [4.69, 9.17) is 37.1 Å². The first kappa shape index (κ1) is 31.8. The second kappa shape index (κ2) is 22.5. The van der Waals surface area contributed by atoms with Gasteiger partial charge in [-0.2, -0.15) is 18.2 Å². The van der Waals surface area contributed by atoms with Gasteiger partial charge < -0.3 is 13.9 Å². The van der Waals surface area contributed by atoms with Crippen LogP contribution in [0.25, 0.3) is 117 Å². The molecule has 11 aromatic carbocycles. The molecule has 0 aliphatic rings. The van der Waals surface area contributed by atoms with E-state index in [0.29, 0.717) is 32.9 Å². The summed E-state index contributed by atoms with van der Waals surface area (Å²) in [5.41, 5.74) is -1.84. The van der Waals surface area contributed by atoms with Crippen molar-refractivity contribution in [2.45, 2.75) is 46.7 Å². The van der Waals surface area contributed by atoms with Gasteiger partial charge in [-0.1, -0.05) is 208 Å². The van der Waals surface area contributed by atoms with Gasteiger partial charge in [0.2, 0.25) is 0 Å². The average Bonchev–Trinajstić information content (AvgIpc) is 1.10. The molecule has 14 aromatic rings. The third-order valence-electron chi connectivity index (χ3n) is 14.5. The molecule has 0 bridgehead atoms. The van der Waals surface area contributed by atoms with Crippen LogP contribution in [0.3, 0.4) is 0 Å². The maximum Gasteiger partial charge on any atom is 0.268 e. The van der Waals surface area contributed by atoms with E-state index in [1.165, 1.54) is 41.0 Å². The van der Waals surface area contributed by atoms with Crippen molar-refractivity contribution >= 4 is 32.8 Å². The molecule has 3 aromatic heterocycles. The van der Waals surface area contributed by atoms with Crippen LogP contribution in [0.2, 0.25) is 0 Å². The molecule has 0 spiro atoms. The van der Waals surface area contributed by atoms with Crippen LogP contribution in [0.1, 0.15) is 80.0 Å². The quantitative estimate of drug-likeness (QED) is 0.0956. The second-order valence-corrected chi connectivity index (χ2v) is 20.8. The van der Waals surface area contributed by atoms with E-state index in [1.54, 1.807) is 81.9 Å². The summed E-state index contributed by atoms with van der Waals surface area (Å²) < 4.78 is 252. The van der Waals surface area contributed by atoms with Crippen LogP contribution in [0.5, 0.6) is 11.5 Å². The summed E-state index contributed by atoms with van der Waals surface area (Å²) in [7, 11) is 0. The smallest absolute Gasteiger partial charge is 0.268 e. The molecule has 0 unspecified atom stereocenters. The molecule has 14 rings (SSSR count). The first-order chi connectivity index (χ1) is 52.1. The largest absolute Gasteiger partial charge is 0.510 e. The number of hydrogen-bond acceptors (Lipinski definition) is 2. The molecule has 85 heavy (non-hydrogen) atoms. The van der Waals surface area contributed by atoms with Gasteiger partial charge >= 0.3 is 0 Å². The van der Waals surface area contributed by atoms with E-state index in [0.717, 1.165) is 11.8 Å². The van der Waals surface area contributed by atoms with E-state index >= 15 is 0 Å². The first-order valence-electron chi connectivity index (χ1n) is 40.0. The standard InChI is InChI=1S/C79H60N4O.Pt/c1-52-22-18-23-53(2)77(52)59-38-41-73-75(47-59)81(64-32-20-33-65(48-64)84-66-39-40-70-69-34-16-17-37-72(69)83(74(70)49-66)76-42-54(3)71(50-80-76)57-28-14-9-15-29-57)51-82(73)78-67(58-30-19-31-63(46-58)79(4,5)6)35-21-36-68(78)62-44-60(55-24-10-7-11-25-55)43-61(45-62)56-26-12-8-13-27-56;/h7-47,50H,1-6H3;/q-2;/i1D3,2D3,3D3,7D,8D,9D,10D,11D,12D,13D,14D,15D,24D,25D,26D,27D,28D,29D,43D,44D,45D;. The number of aromatic nitrogens is 4. The Bertz CT molecular complexity index is 6100. The summed E-state index contributed by atoms with van der Waals surface area (Å²) in [4.78, 5) is 4.69. The molecular formula is C79H60N4OPt-2. The first-order valence-corrected chi connectivity index (χ1v) is 26.5. The summed E-state index contributed by atoms with van der Waals surface area (Å²) in [5.74, 6) is 0.185. The fourth-order valence-corrected chi connectivity index (χ4v) is 10.5. The molecule has 6 heteroatoms. The van der Waals surface area contributed by atoms with Gasteiger partial charge in [-0.05, 0) is 157 Å². The number of fused-ring (bicyclic) bond motifs is 4. The molecule has 0 fully saturated rings. The minimum atomic E-state index is -2.91. The summed E-state index contributed by atoms with van der Waals surface area (Å²) >= 11 is 0. The summed E-state index contributed by atoms with van der Waals surface area (Å²) in [6, 6.07) is 30.3. The van der Waals surface area contributed by atoms with Crippen molar-refractivity contribution < 1.29 is 67.4 Å². The molecule has 5 nitrogen and oxygen atoms in total.